The molecule has 10 heteroatoms. The van der Waals surface area contributed by atoms with Crippen LogP contribution in [0.4, 0.5) is 5.69 Å². The van der Waals surface area contributed by atoms with Gasteiger partial charge in [-0.2, -0.15) is 0 Å². The van der Waals surface area contributed by atoms with Crippen LogP contribution in [0.1, 0.15) is 32.0 Å². The van der Waals surface area contributed by atoms with Gasteiger partial charge in [-0.1, -0.05) is 24.9 Å². The molecule has 0 bridgehead atoms. The molecule has 138 valence electrons. The van der Waals surface area contributed by atoms with Crippen molar-refractivity contribution in [3.63, 3.8) is 0 Å². The van der Waals surface area contributed by atoms with Gasteiger partial charge in [-0.15, -0.1) is 16.9 Å². The molecule has 1 aromatic heterocycles. The zero-order chi connectivity index (χ0) is 18.5. The number of nitrogens with zero attached hydrogens (tertiary/aromatic N) is 4. The fourth-order valence-corrected chi connectivity index (χ4v) is 3.67. The summed E-state index contributed by atoms with van der Waals surface area (Å²) in [5, 5.41) is 14.1. The number of aromatic nitrogens is 4. The van der Waals surface area contributed by atoms with E-state index in [4.69, 9.17) is 16.3 Å². The summed E-state index contributed by atoms with van der Waals surface area (Å²) in [6.45, 7) is 2.74. The first-order chi connectivity index (χ1) is 12.6. The largest absolute Gasteiger partial charge is 0.457 e. The summed E-state index contributed by atoms with van der Waals surface area (Å²) in [4.78, 5) is 25.2. The molecule has 1 aliphatic rings. The van der Waals surface area contributed by atoms with Crippen LogP contribution in [0.5, 0.6) is 0 Å². The number of ether oxygens (including phenoxy) is 1. The molecule has 0 saturated heterocycles. The van der Waals surface area contributed by atoms with Crippen molar-refractivity contribution in [3.05, 3.63) is 29.0 Å². The van der Waals surface area contributed by atoms with Crippen molar-refractivity contribution >= 4 is 40.9 Å². The maximum Gasteiger partial charge on any atom is 0.307 e. The van der Waals surface area contributed by atoms with Gasteiger partial charge in [0, 0.05) is 16.5 Å². The van der Waals surface area contributed by atoms with E-state index in [9.17, 15) is 9.59 Å². The molecule has 0 aliphatic carbocycles. The predicted molar refractivity (Wildman–Crippen MR) is 96.9 cm³/mol. The Morgan fingerprint density at radius 1 is 1.46 bits per heavy atom. The summed E-state index contributed by atoms with van der Waals surface area (Å²) >= 11 is 7.25. The summed E-state index contributed by atoms with van der Waals surface area (Å²) in [6.07, 6.45) is 1.92. The van der Waals surface area contributed by atoms with Crippen molar-refractivity contribution in [2.75, 3.05) is 5.32 Å². The number of hydrogen-bond acceptors (Lipinski definition) is 7. The monoisotopic (exact) mass is 395 g/mol. The average molecular weight is 396 g/mol. The molecule has 2 aromatic rings. The van der Waals surface area contributed by atoms with E-state index in [1.54, 1.807) is 16.8 Å². The standard InChI is InChI=1S/C16H18ClN5O3S/c1-2-3-6-22-14(19-20-21-22)9-25-15(23)8-13-16(24)18-11-7-10(17)4-5-12(11)26-13/h4-5,7,13H,2-3,6,8-9H2,1H3,(H,18,24). The lowest BCUT2D eigenvalue weighted by molar-refractivity contribution is -0.146. The molecule has 26 heavy (non-hydrogen) atoms. The van der Waals surface area contributed by atoms with E-state index in [1.807, 2.05) is 6.07 Å². The number of anilines is 1. The molecule has 0 spiro atoms. The third-order valence-corrected chi connectivity index (χ3v) is 5.32. The molecule has 2 heterocycles. The van der Waals surface area contributed by atoms with Crippen LogP contribution in [-0.2, 0) is 27.5 Å². The molecule has 0 saturated carbocycles. The minimum Gasteiger partial charge on any atom is -0.457 e. The minimum absolute atomic E-state index is 0.0131. The van der Waals surface area contributed by atoms with Crippen LogP contribution in [0.15, 0.2) is 23.1 Å². The van der Waals surface area contributed by atoms with Crippen molar-refractivity contribution in [2.24, 2.45) is 0 Å². The Bertz CT molecular complexity index is 813. The second kappa shape index (κ2) is 8.50. The van der Waals surface area contributed by atoms with Crippen LogP contribution in [0.25, 0.3) is 0 Å². The lowest BCUT2D eigenvalue weighted by Gasteiger charge is -2.23. The summed E-state index contributed by atoms with van der Waals surface area (Å²) in [7, 11) is 0. The number of aryl methyl sites for hydroxylation is 1. The second-order valence-electron chi connectivity index (χ2n) is 5.77. The Morgan fingerprint density at radius 2 is 2.31 bits per heavy atom. The number of fused-ring (bicyclic) bond motifs is 1. The van der Waals surface area contributed by atoms with Gasteiger partial charge < -0.3 is 10.1 Å². The Labute approximate surface area is 159 Å². The molecule has 0 radical (unpaired) electrons. The van der Waals surface area contributed by atoms with E-state index in [2.05, 4.69) is 27.8 Å². The number of benzene rings is 1. The zero-order valence-corrected chi connectivity index (χ0v) is 15.7. The Balaban J connectivity index is 1.54. The molecule has 1 aromatic carbocycles. The van der Waals surface area contributed by atoms with Crippen LogP contribution in [-0.4, -0.2) is 37.3 Å². The summed E-state index contributed by atoms with van der Waals surface area (Å²) < 4.78 is 6.87. The van der Waals surface area contributed by atoms with Crippen molar-refractivity contribution in [2.45, 2.75) is 49.5 Å². The highest BCUT2D eigenvalue weighted by Crippen LogP contribution is 2.38. The van der Waals surface area contributed by atoms with Crippen molar-refractivity contribution in [1.29, 1.82) is 0 Å². The van der Waals surface area contributed by atoms with Gasteiger partial charge in [0.1, 0.15) is 0 Å². The molecule has 3 rings (SSSR count). The molecular weight excluding hydrogens is 378 g/mol. The first-order valence-electron chi connectivity index (χ1n) is 8.24. The molecular formula is C16H18ClN5O3S. The fourth-order valence-electron chi connectivity index (χ4n) is 2.42. The molecule has 8 nitrogen and oxygen atoms in total. The first kappa shape index (κ1) is 18.7. The van der Waals surface area contributed by atoms with Gasteiger partial charge in [-0.25, -0.2) is 4.68 Å². The van der Waals surface area contributed by atoms with Crippen molar-refractivity contribution in [1.82, 2.24) is 20.2 Å². The summed E-state index contributed by atoms with van der Waals surface area (Å²) in [6, 6.07) is 5.25. The van der Waals surface area contributed by atoms with Gasteiger partial charge >= 0.3 is 5.97 Å². The van der Waals surface area contributed by atoms with Crippen molar-refractivity contribution < 1.29 is 14.3 Å². The number of unbranched alkanes of at least 4 members (excludes halogenated alkanes) is 1. The number of carbonyl (C=O) groups excluding carboxylic acids is 2. The van der Waals surface area contributed by atoms with Crippen LogP contribution >= 0.6 is 23.4 Å². The number of nitrogens with one attached hydrogen (secondary N) is 1. The van der Waals surface area contributed by atoms with E-state index in [1.165, 1.54) is 11.8 Å². The van der Waals surface area contributed by atoms with E-state index in [0.717, 1.165) is 17.7 Å². The third kappa shape index (κ3) is 4.53. The quantitative estimate of drug-likeness (QED) is 0.719. The molecule has 1 aliphatic heterocycles. The van der Waals surface area contributed by atoms with Gasteiger partial charge in [0.15, 0.2) is 12.4 Å². The summed E-state index contributed by atoms with van der Waals surface area (Å²) in [5.41, 5.74) is 0.659. The predicted octanol–water partition coefficient (Wildman–Crippen LogP) is 2.67. The van der Waals surface area contributed by atoms with E-state index in [-0.39, 0.29) is 18.9 Å². The number of hydrogen-bond donors (Lipinski definition) is 1. The molecule has 0 fully saturated rings. The maximum absolute atomic E-state index is 12.2. The number of esters is 1. The minimum atomic E-state index is -0.549. The highest BCUT2D eigenvalue weighted by molar-refractivity contribution is 8.01. The molecule has 1 unspecified atom stereocenters. The van der Waals surface area contributed by atoms with E-state index >= 15 is 0 Å². The van der Waals surface area contributed by atoms with Crippen LogP contribution in [0, 0.1) is 0 Å². The highest BCUT2D eigenvalue weighted by Gasteiger charge is 2.29. The normalized spacial score (nSPS) is 16.1. The molecule has 1 atom stereocenters. The number of tetrazole rings is 1. The fraction of sp³-hybridized carbons (Fsp3) is 0.438. The van der Waals surface area contributed by atoms with Crippen LogP contribution in [0.3, 0.4) is 0 Å². The van der Waals surface area contributed by atoms with E-state index < -0.39 is 11.2 Å². The van der Waals surface area contributed by atoms with Gasteiger partial charge in [0.25, 0.3) is 0 Å². The third-order valence-electron chi connectivity index (χ3n) is 3.80. The van der Waals surface area contributed by atoms with Crippen LogP contribution in [0.2, 0.25) is 5.02 Å². The average Bonchev–Trinajstić information content (AvgIpc) is 3.06. The Kier molecular flexibility index (Phi) is 6.10. The Hall–Kier alpha value is -2.13. The number of halogens is 1. The highest BCUT2D eigenvalue weighted by atomic mass is 35.5. The van der Waals surface area contributed by atoms with Gasteiger partial charge in [-0.05, 0) is 35.0 Å². The SMILES string of the molecule is CCCCn1nnnc1COC(=O)CC1Sc2ccc(Cl)cc2NC1=O. The van der Waals surface area contributed by atoms with Gasteiger partial charge in [0.2, 0.25) is 5.91 Å². The van der Waals surface area contributed by atoms with Gasteiger partial charge in [-0.3, -0.25) is 9.59 Å². The van der Waals surface area contributed by atoms with Crippen LogP contribution < -0.4 is 5.32 Å². The lowest BCUT2D eigenvalue weighted by atomic mass is 10.2. The number of carbonyl (C=O) groups is 2. The molecule has 1 amide bonds. The lowest BCUT2D eigenvalue weighted by Crippen LogP contribution is -2.31. The Morgan fingerprint density at radius 3 is 3.12 bits per heavy atom. The number of rotatable bonds is 7. The topological polar surface area (TPSA) is 99.0 Å². The molecule has 1 N–H and O–H groups in total. The summed E-state index contributed by atoms with van der Waals surface area (Å²) in [5.74, 6) is -0.220. The number of amides is 1. The van der Waals surface area contributed by atoms with E-state index in [0.29, 0.717) is 23.1 Å². The smallest absolute Gasteiger partial charge is 0.307 e. The van der Waals surface area contributed by atoms with Crippen molar-refractivity contribution in [3.8, 4) is 0 Å². The number of thioether (sulfide) groups is 1. The maximum atomic E-state index is 12.2. The van der Waals surface area contributed by atoms with Gasteiger partial charge in [0.05, 0.1) is 17.4 Å². The zero-order valence-electron chi connectivity index (χ0n) is 14.1. The second-order valence-corrected chi connectivity index (χ2v) is 7.45. The first-order valence-corrected chi connectivity index (χ1v) is 9.50.